The highest BCUT2D eigenvalue weighted by Gasteiger charge is 2.32. The van der Waals surface area contributed by atoms with Gasteiger partial charge in [0.05, 0.1) is 5.00 Å². The van der Waals surface area contributed by atoms with Crippen molar-refractivity contribution in [3.05, 3.63) is 33.7 Å². The molecule has 0 radical (unpaired) electrons. The van der Waals surface area contributed by atoms with Crippen LogP contribution in [0.4, 0.5) is 5.00 Å². The SMILES string of the molecule is CC1=C(C#N)C(=O)N(C)C(=O)/C1=C\c1ccc(N(C)C)s1. The van der Waals surface area contributed by atoms with Crippen molar-refractivity contribution in [2.45, 2.75) is 6.92 Å². The van der Waals surface area contributed by atoms with Gasteiger partial charge in [0, 0.05) is 31.6 Å². The lowest BCUT2D eigenvalue weighted by Crippen LogP contribution is -2.39. The number of amides is 2. The lowest BCUT2D eigenvalue weighted by atomic mass is 9.95. The molecule has 5 nitrogen and oxygen atoms in total. The molecular formula is C15H15N3O2S. The summed E-state index contributed by atoms with van der Waals surface area (Å²) in [6.45, 7) is 1.63. The normalized spacial score (nSPS) is 17.5. The smallest absolute Gasteiger partial charge is 0.271 e. The molecule has 2 rings (SSSR count). The van der Waals surface area contributed by atoms with Crippen LogP contribution in [0.1, 0.15) is 11.8 Å². The van der Waals surface area contributed by atoms with E-state index in [4.69, 9.17) is 5.26 Å². The van der Waals surface area contributed by atoms with Gasteiger partial charge in [-0.3, -0.25) is 14.5 Å². The van der Waals surface area contributed by atoms with Crippen molar-refractivity contribution >= 4 is 34.2 Å². The van der Waals surface area contributed by atoms with Gasteiger partial charge in [0.1, 0.15) is 11.6 Å². The Morgan fingerprint density at radius 2 is 1.95 bits per heavy atom. The minimum absolute atomic E-state index is 0.0211. The fourth-order valence-electron chi connectivity index (χ4n) is 2.00. The van der Waals surface area contributed by atoms with Gasteiger partial charge in [-0.2, -0.15) is 5.26 Å². The second-order valence-corrected chi connectivity index (χ2v) is 6.00. The van der Waals surface area contributed by atoms with Crippen LogP contribution in [0, 0.1) is 11.3 Å². The summed E-state index contributed by atoms with van der Waals surface area (Å²) in [5.74, 6) is -0.923. The molecule has 0 fully saturated rings. The van der Waals surface area contributed by atoms with Gasteiger partial charge < -0.3 is 4.90 Å². The molecule has 6 heteroatoms. The lowest BCUT2D eigenvalue weighted by Gasteiger charge is -2.23. The Balaban J connectivity index is 2.52. The van der Waals surface area contributed by atoms with Crippen LogP contribution < -0.4 is 4.90 Å². The Morgan fingerprint density at radius 3 is 2.48 bits per heavy atom. The summed E-state index contributed by atoms with van der Waals surface area (Å²) in [5, 5.41) is 10.2. The number of thiophene rings is 1. The van der Waals surface area contributed by atoms with Crippen molar-refractivity contribution in [2.75, 3.05) is 26.0 Å². The summed E-state index contributed by atoms with van der Waals surface area (Å²) in [5.41, 5.74) is 0.846. The molecule has 0 aromatic carbocycles. The summed E-state index contributed by atoms with van der Waals surface area (Å²) in [4.78, 5) is 28.0. The molecule has 1 aliphatic heterocycles. The Morgan fingerprint density at radius 1 is 1.29 bits per heavy atom. The van der Waals surface area contributed by atoms with Crippen LogP contribution in [-0.2, 0) is 9.59 Å². The second kappa shape index (κ2) is 5.54. The van der Waals surface area contributed by atoms with Gasteiger partial charge in [-0.25, -0.2) is 0 Å². The highest BCUT2D eigenvalue weighted by atomic mass is 32.1. The zero-order valence-electron chi connectivity index (χ0n) is 12.3. The summed E-state index contributed by atoms with van der Waals surface area (Å²) in [7, 11) is 5.28. The van der Waals surface area contributed by atoms with Crippen LogP contribution in [0.2, 0.25) is 0 Å². The number of carbonyl (C=O) groups excluding carboxylic acids is 2. The molecule has 108 valence electrons. The first kappa shape index (κ1) is 15.0. The standard InChI is InChI=1S/C15H15N3O2S/c1-9-11(7-10-5-6-13(21-10)17(2)3)14(19)18(4)15(20)12(9)8-16/h5-7H,1-4H3/b11-7-. The third-order valence-electron chi connectivity index (χ3n) is 3.28. The van der Waals surface area contributed by atoms with Crippen molar-refractivity contribution in [1.82, 2.24) is 4.90 Å². The van der Waals surface area contributed by atoms with Crippen molar-refractivity contribution in [2.24, 2.45) is 0 Å². The van der Waals surface area contributed by atoms with Crippen LogP contribution in [-0.4, -0.2) is 37.9 Å². The fraction of sp³-hybridized carbons (Fsp3) is 0.267. The first-order valence-electron chi connectivity index (χ1n) is 6.29. The highest BCUT2D eigenvalue weighted by molar-refractivity contribution is 7.16. The molecule has 0 N–H and O–H groups in total. The molecule has 1 aliphatic rings. The van der Waals surface area contributed by atoms with E-state index in [1.54, 1.807) is 13.0 Å². The Hall–Kier alpha value is -2.39. The molecule has 1 aromatic rings. The zero-order valence-corrected chi connectivity index (χ0v) is 13.1. The summed E-state index contributed by atoms with van der Waals surface area (Å²) in [6, 6.07) is 5.76. The number of likely N-dealkylation sites (N-methyl/N-ethyl adjacent to an activating group) is 1. The van der Waals surface area contributed by atoms with E-state index in [0.717, 1.165) is 14.8 Å². The van der Waals surface area contributed by atoms with E-state index in [0.29, 0.717) is 11.1 Å². The van der Waals surface area contributed by atoms with E-state index in [1.165, 1.54) is 18.4 Å². The molecule has 0 saturated heterocycles. The van der Waals surface area contributed by atoms with Crippen LogP contribution in [0.15, 0.2) is 28.9 Å². The van der Waals surface area contributed by atoms with Crippen LogP contribution in [0.5, 0.6) is 0 Å². The first-order valence-corrected chi connectivity index (χ1v) is 7.11. The number of imide groups is 1. The van der Waals surface area contributed by atoms with Gasteiger partial charge in [0.25, 0.3) is 11.8 Å². The molecule has 21 heavy (non-hydrogen) atoms. The lowest BCUT2D eigenvalue weighted by molar-refractivity contribution is -0.138. The van der Waals surface area contributed by atoms with Gasteiger partial charge >= 0.3 is 0 Å². The number of hydrogen-bond donors (Lipinski definition) is 0. The molecule has 0 saturated carbocycles. The number of nitrogens with zero attached hydrogens (tertiary/aromatic N) is 3. The summed E-state index contributed by atoms with van der Waals surface area (Å²) in [6.07, 6.45) is 1.73. The molecule has 0 atom stereocenters. The number of rotatable bonds is 2. The second-order valence-electron chi connectivity index (χ2n) is 4.91. The van der Waals surface area contributed by atoms with Crippen LogP contribution in [0.25, 0.3) is 6.08 Å². The largest absolute Gasteiger partial charge is 0.370 e. The van der Waals surface area contributed by atoms with E-state index >= 15 is 0 Å². The molecule has 0 aliphatic carbocycles. The Kier molecular flexibility index (Phi) is 3.96. The molecule has 0 unspecified atom stereocenters. The molecule has 0 spiro atoms. The van der Waals surface area contributed by atoms with E-state index in [2.05, 4.69) is 0 Å². The maximum absolute atomic E-state index is 12.2. The van der Waals surface area contributed by atoms with E-state index in [1.807, 2.05) is 37.2 Å². The summed E-state index contributed by atoms with van der Waals surface area (Å²) >= 11 is 1.54. The average molecular weight is 301 g/mol. The predicted molar refractivity (Wildman–Crippen MR) is 82.7 cm³/mol. The highest BCUT2D eigenvalue weighted by Crippen LogP contribution is 2.30. The van der Waals surface area contributed by atoms with E-state index in [-0.39, 0.29) is 11.5 Å². The number of anilines is 1. The number of carbonyl (C=O) groups is 2. The maximum atomic E-state index is 12.2. The van der Waals surface area contributed by atoms with Gasteiger partial charge in [0.15, 0.2) is 0 Å². The predicted octanol–water partition coefficient (Wildman–Crippen LogP) is 2.04. The van der Waals surface area contributed by atoms with Gasteiger partial charge in [-0.1, -0.05) is 0 Å². The fourth-order valence-corrected chi connectivity index (χ4v) is 2.87. The Labute approximate surface area is 127 Å². The van der Waals surface area contributed by atoms with E-state index < -0.39 is 5.91 Å². The average Bonchev–Trinajstić information content (AvgIpc) is 2.91. The quantitative estimate of drug-likeness (QED) is 0.619. The van der Waals surface area contributed by atoms with Crippen LogP contribution >= 0.6 is 11.3 Å². The van der Waals surface area contributed by atoms with Gasteiger partial charge in [-0.15, -0.1) is 11.3 Å². The van der Waals surface area contributed by atoms with Gasteiger partial charge in [0.2, 0.25) is 0 Å². The third-order valence-corrected chi connectivity index (χ3v) is 4.48. The minimum Gasteiger partial charge on any atom is -0.370 e. The summed E-state index contributed by atoms with van der Waals surface area (Å²) < 4.78 is 0. The number of nitriles is 1. The van der Waals surface area contributed by atoms with Crippen molar-refractivity contribution in [3.8, 4) is 6.07 Å². The molecule has 2 amide bonds. The van der Waals surface area contributed by atoms with Crippen molar-refractivity contribution < 1.29 is 9.59 Å². The molecule has 2 heterocycles. The number of hydrogen-bond acceptors (Lipinski definition) is 5. The Bertz CT molecular complexity index is 720. The topological polar surface area (TPSA) is 64.4 Å². The van der Waals surface area contributed by atoms with Gasteiger partial charge in [-0.05, 0) is 30.7 Å². The first-order chi connectivity index (χ1) is 9.86. The maximum Gasteiger partial charge on any atom is 0.271 e. The third kappa shape index (κ3) is 2.60. The van der Waals surface area contributed by atoms with E-state index in [9.17, 15) is 9.59 Å². The molecular weight excluding hydrogens is 286 g/mol. The van der Waals surface area contributed by atoms with Crippen molar-refractivity contribution in [1.29, 1.82) is 5.26 Å². The minimum atomic E-state index is -0.544. The van der Waals surface area contributed by atoms with Crippen LogP contribution in [0.3, 0.4) is 0 Å². The monoisotopic (exact) mass is 301 g/mol. The molecule has 1 aromatic heterocycles. The van der Waals surface area contributed by atoms with Crippen molar-refractivity contribution in [3.63, 3.8) is 0 Å². The zero-order chi connectivity index (χ0) is 15.7. The molecule has 0 bridgehead atoms.